The molecule has 0 unspecified atom stereocenters. The zero-order chi connectivity index (χ0) is 19.2. The second kappa shape index (κ2) is 8.23. The van der Waals surface area contributed by atoms with Crippen LogP contribution in [0.5, 0.6) is 17.2 Å². The fourth-order valence-corrected chi connectivity index (χ4v) is 2.56. The average molecular weight is 364 g/mol. The Hall–Kier alpha value is -3.54. The molecular formula is C21H20N2O4. The van der Waals surface area contributed by atoms with E-state index in [1.54, 1.807) is 25.1 Å². The van der Waals surface area contributed by atoms with Crippen LogP contribution in [0.15, 0.2) is 65.8 Å². The highest BCUT2D eigenvalue weighted by molar-refractivity contribution is 5.87. The van der Waals surface area contributed by atoms with Crippen LogP contribution in [0.1, 0.15) is 12.5 Å². The Bertz CT molecular complexity index is 985. The molecule has 6 nitrogen and oxygen atoms in total. The molecule has 1 atom stereocenters. The van der Waals surface area contributed by atoms with Gasteiger partial charge in [0, 0.05) is 5.56 Å². The van der Waals surface area contributed by atoms with Crippen molar-refractivity contribution in [1.82, 2.24) is 5.43 Å². The average Bonchev–Trinajstić information content (AvgIpc) is 2.69. The van der Waals surface area contributed by atoms with E-state index in [-0.39, 0.29) is 5.75 Å². The van der Waals surface area contributed by atoms with E-state index in [0.29, 0.717) is 17.1 Å². The van der Waals surface area contributed by atoms with Gasteiger partial charge in [-0.15, -0.1) is 0 Å². The van der Waals surface area contributed by atoms with Crippen LogP contribution in [0.4, 0.5) is 0 Å². The van der Waals surface area contributed by atoms with Crippen molar-refractivity contribution in [1.29, 1.82) is 0 Å². The van der Waals surface area contributed by atoms with Crippen molar-refractivity contribution in [2.45, 2.75) is 13.0 Å². The summed E-state index contributed by atoms with van der Waals surface area (Å²) < 4.78 is 10.7. The molecule has 0 heterocycles. The molecule has 1 amide bonds. The van der Waals surface area contributed by atoms with Crippen molar-refractivity contribution in [2.24, 2.45) is 5.10 Å². The summed E-state index contributed by atoms with van der Waals surface area (Å²) in [6.45, 7) is 1.64. The first-order chi connectivity index (χ1) is 13.1. The van der Waals surface area contributed by atoms with Gasteiger partial charge < -0.3 is 14.6 Å². The summed E-state index contributed by atoms with van der Waals surface area (Å²) in [5.41, 5.74) is 2.84. The normalized spacial score (nSPS) is 12.1. The molecular weight excluding hydrogens is 344 g/mol. The van der Waals surface area contributed by atoms with Crippen molar-refractivity contribution in [3.8, 4) is 17.2 Å². The number of para-hydroxylation sites is 1. The first kappa shape index (κ1) is 18.3. The number of amides is 1. The number of aromatic hydroxyl groups is 1. The van der Waals surface area contributed by atoms with Crippen molar-refractivity contribution in [3.63, 3.8) is 0 Å². The zero-order valence-electron chi connectivity index (χ0n) is 15.0. The summed E-state index contributed by atoms with van der Waals surface area (Å²) in [5, 5.41) is 16.0. The zero-order valence-corrected chi connectivity index (χ0v) is 15.0. The summed E-state index contributed by atoms with van der Waals surface area (Å²) in [5.74, 6) is 0.490. The van der Waals surface area contributed by atoms with E-state index in [9.17, 15) is 9.90 Å². The SMILES string of the molecule is COc1cccc(/C=N/NC(=O)[C@H](C)Oc2ccc3ccccc3c2)c1O. The maximum atomic E-state index is 12.2. The highest BCUT2D eigenvalue weighted by Gasteiger charge is 2.14. The number of phenolic OH excluding ortho intramolecular Hbond substituents is 1. The molecule has 27 heavy (non-hydrogen) atoms. The Morgan fingerprint density at radius 2 is 1.89 bits per heavy atom. The molecule has 0 saturated carbocycles. The summed E-state index contributed by atoms with van der Waals surface area (Å²) >= 11 is 0. The topological polar surface area (TPSA) is 80.2 Å². The molecule has 0 bridgehead atoms. The lowest BCUT2D eigenvalue weighted by Crippen LogP contribution is -2.33. The van der Waals surface area contributed by atoms with Crippen molar-refractivity contribution in [2.75, 3.05) is 7.11 Å². The van der Waals surface area contributed by atoms with Gasteiger partial charge in [-0.3, -0.25) is 4.79 Å². The largest absolute Gasteiger partial charge is 0.504 e. The molecule has 138 valence electrons. The standard InChI is InChI=1S/C21H20N2O4/c1-14(27-18-11-10-15-6-3-4-7-16(15)12-18)21(25)23-22-13-17-8-5-9-19(26-2)20(17)24/h3-14,24H,1-2H3,(H,23,25)/b22-13+/t14-/m0/s1. The molecule has 0 aliphatic heterocycles. The maximum Gasteiger partial charge on any atom is 0.280 e. The van der Waals surface area contributed by atoms with Gasteiger partial charge in [-0.05, 0) is 42.0 Å². The molecule has 3 aromatic carbocycles. The summed E-state index contributed by atoms with van der Waals surface area (Å²) in [6, 6.07) is 18.6. The number of hydrazone groups is 1. The second-order valence-corrected chi connectivity index (χ2v) is 5.90. The van der Waals surface area contributed by atoms with E-state index in [1.807, 2.05) is 42.5 Å². The Kier molecular flexibility index (Phi) is 5.56. The van der Waals surface area contributed by atoms with E-state index in [4.69, 9.17) is 9.47 Å². The first-order valence-electron chi connectivity index (χ1n) is 8.43. The minimum atomic E-state index is -0.734. The highest BCUT2D eigenvalue weighted by Crippen LogP contribution is 2.28. The minimum Gasteiger partial charge on any atom is -0.504 e. The monoisotopic (exact) mass is 364 g/mol. The van der Waals surface area contributed by atoms with Gasteiger partial charge in [0.15, 0.2) is 17.6 Å². The highest BCUT2D eigenvalue weighted by atomic mass is 16.5. The number of fused-ring (bicyclic) bond motifs is 1. The fraction of sp³-hybridized carbons (Fsp3) is 0.143. The van der Waals surface area contributed by atoms with Gasteiger partial charge in [0.2, 0.25) is 0 Å². The van der Waals surface area contributed by atoms with Crippen LogP contribution < -0.4 is 14.9 Å². The number of hydrogen-bond donors (Lipinski definition) is 2. The third-order valence-electron chi connectivity index (χ3n) is 4.03. The van der Waals surface area contributed by atoms with E-state index in [0.717, 1.165) is 10.8 Å². The Morgan fingerprint density at radius 3 is 2.67 bits per heavy atom. The molecule has 6 heteroatoms. The molecule has 0 spiro atoms. The maximum absolute atomic E-state index is 12.2. The number of nitrogens with one attached hydrogen (secondary N) is 1. The summed E-state index contributed by atoms with van der Waals surface area (Å²) in [4.78, 5) is 12.2. The fourth-order valence-electron chi connectivity index (χ4n) is 2.56. The molecule has 2 N–H and O–H groups in total. The van der Waals surface area contributed by atoms with Crippen LogP contribution in [0, 0.1) is 0 Å². The van der Waals surface area contributed by atoms with E-state index >= 15 is 0 Å². The number of benzene rings is 3. The van der Waals surface area contributed by atoms with Gasteiger partial charge in [0.25, 0.3) is 5.91 Å². The van der Waals surface area contributed by atoms with Gasteiger partial charge in [0.1, 0.15) is 5.75 Å². The molecule has 0 aliphatic rings. The summed E-state index contributed by atoms with van der Waals surface area (Å²) in [7, 11) is 1.46. The summed E-state index contributed by atoms with van der Waals surface area (Å²) in [6.07, 6.45) is 0.612. The number of methoxy groups -OCH3 is 1. The number of carbonyl (C=O) groups is 1. The predicted octanol–water partition coefficient (Wildman–Crippen LogP) is 3.47. The van der Waals surface area contributed by atoms with Gasteiger partial charge >= 0.3 is 0 Å². The molecule has 3 aromatic rings. The second-order valence-electron chi connectivity index (χ2n) is 5.90. The molecule has 0 fully saturated rings. The quantitative estimate of drug-likeness (QED) is 0.518. The Balaban J connectivity index is 1.62. The van der Waals surface area contributed by atoms with Crippen LogP contribution in [0.2, 0.25) is 0 Å². The van der Waals surface area contributed by atoms with Crippen molar-refractivity contribution < 1.29 is 19.4 Å². The number of rotatable bonds is 6. The Morgan fingerprint density at radius 1 is 1.11 bits per heavy atom. The minimum absolute atomic E-state index is 0.0431. The lowest BCUT2D eigenvalue weighted by Gasteiger charge is -2.13. The molecule has 0 saturated heterocycles. The molecule has 0 aliphatic carbocycles. The van der Waals surface area contributed by atoms with Crippen LogP contribution >= 0.6 is 0 Å². The Labute approximate surface area is 157 Å². The lowest BCUT2D eigenvalue weighted by atomic mass is 10.1. The number of hydrogen-bond acceptors (Lipinski definition) is 5. The van der Waals surface area contributed by atoms with E-state index < -0.39 is 12.0 Å². The molecule has 0 aromatic heterocycles. The van der Waals surface area contributed by atoms with E-state index in [2.05, 4.69) is 10.5 Å². The van der Waals surface area contributed by atoms with Crippen molar-refractivity contribution >= 4 is 22.9 Å². The van der Waals surface area contributed by atoms with Crippen LogP contribution in [-0.4, -0.2) is 30.4 Å². The van der Waals surface area contributed by atoms with Gasteiger partial charge in [-0.2, -0.15) is 5.10 Å². The molecule has 0 radical (unpaired) electrons. The third-order valence-corrected chi connectivity index (χ3v) is 4.03. The van der Waals surface area contributed by atoms with Gasteiger partial charge in [-0.25, -0.2) is 5.43 Å². The van der Waals surface area contributed by atoms with Crippen molar-refractivity contribution in [3.05, 3.63) is 66.2 Å². The number of ether oxygens (including phenoxy) is 2. The lowest BCUT2D eigenvalue weighted by molar-refractivity contribution is -0.127. The third kappa shape index (κ3) is 4.36. The number of phenols is 1. The molecule has 3 rings (SSSR count). The predicted molar refractivity (Wildman–Crippen MR) is 104 cm³/mol. The van der Waals surface area contributed by atoms with Crippen LogP contribution in [-0.2, 0) is 4.79 Å². The van der Waals surface area contributed by atoms with Gasteiger partial charge in [-0.1, -0.05) is 36.4 Å². The number of nitrogens with zero attached hydrogens (tertiary/aromatic N) is 1. The smallest absolute Gasteiger partial charge is 0.280 e. The van der Waals surface area contributed by atoms with Gasteiger partial charge in [0.05, 0.1) is 13.3 Å². The first-order valence-corrected chi connectivity index (χ1v) is 8.43. The van der Waals surface area contributed by atoms with Crippen LogP contribution in [0.3, 0.4) is 0 Å². The van der Waals surface area contributed by atoms with Crippen LogP contribution in [0.25, 0.3) is 10.8 Å². The van der Waals surface area contributed by atoms with E-state index in [1.165, 1.54) is 13.3 Å². The number of carbonyl (C=O) groups excluding carboxylic acids is 1.